The molecule has 0 aromatic carbocycles. The number of imide groups is 1. The van der Waals surface area contributed by atoms with Gasteiger partial charge in [-0.2, -0.15) is 5.26 Å². The van der Waals surface area contributed by atoms with Gasteiger partial charge in [-0.15, -0.1) is 18.2 Å². The number of rotatable bonds is 8. The first-order valence-electron chi connectivity index (χ1n) is 8.72. The molecule has 2 aliphatic rings. The molecule has 0 aromatic heterocycles. The summed E-state index contributed by atoms with van der Waals surface area (Å²) in [7, 11) is 0. The van der Waals surface area contributed by atoms with Crippen LogP contribution in [0, 0.1) is 40.9 Å². The summed E-state index contributed by atoms with van der Waals surface area (Å²) in [5, 5.41) is 9.24. The molecule has 1 saturated heterocycles. The molecule has 1 heterocycles. The smallest absolute Gasteiger partial charge is 0.330 e. The van der Waals surface area contributed by atoms with E-state index in [1.807, 2.05) is 26.8 Å². The van der Waals surface area contributed by atoms with Crippen molar-refractivity contribution in [3.05, 3.63) is 11.0 Å². The normalized spacial score (nSPS) is 23.8. The first kappa shape index (κ1) is 20.9. The first-order valence-corrected chi connectivity index (χ1v) is 9.70. The topological polar surface area (TPSA) is 90.7 Å². The summed E-state index contributed by atoms with van der Waals surface area (Å²) in [6, 6.07) is 1.61. The van der Waals surface area contributed by atoms with E-state index in [4.69, 9.17) is 11.2 Å². The second kappa shape index (κ2) is 8.49. The molecule has 1 aliphatic carbocycles. The highest BCUT2D eigenvalue weighted by Crippen LogP contribution is 2.60. The molecule has 3 amide bonds. The van der Waals surface area contributed by atoms with Crippen LogP contribution in [0.1, 0.15) is 27.2 Å². The Balaban J connectivity index is 1.96. The van der Waals surface area contributed by atoms with Crippen molar-refractivity contribution in [1.29, 1.82) is 5.26 Å². The second-order valence-electron chi connectivity index (χ2n) is 7.07. The van der Waals surface area contributed by atoms with E-state index in [-0.39, 0.29) is 24.4 Å². The highest BCUT2D eigenvalue weighted by molar-refractivity contribution is 8.03. The Kier molecular flexibility index (Phi) is 6.56. The van der Waals surface area contributed by atoms with Gasteiger partial charge >= 0.3 is 12.0 Å². The molecule has 2 atom stereocenters. The van der Waals surface area contributed by atoms with E-state index in [1.165, 1.54) is 16.7 Å². The Labute approximate surface area is 163 Å². The minimum atomic E-state index is -0.556. The van der Waals surface area contributed by atoms with E-state index in [0.717, 1.165) is 17.1 Å². The van der Waals surface area contributed by atoms with Crippen molar-refractivity contribution in [2.45, 2.75) is 27.2 Å². The monoisotopic (exact) mass is 389 g/mol. The minimum absolute atomic E-state index is 0.0317. The number of amides is 3. The fourth-order valence-corrected chi connectivity index (χ4v) is 3.84. The van der Waals surface area contributed by atoms with Crippen LogP contribution in [-0.2, 0) is 14.3 Å². The average molecular weight is 389 g/mol. The second-order valence-corrected chi connectivity index (χ2v) is 8.21. The largest absolute Gasteiger partial charge is 0.443 e. The molecule has 0 N–H and O–H groups in total. The Morgan fingerprint density at radius 3 is 2.78 bits per heavy atom. The van der Waals surface area contributed by atoms with Crippen LogP contribution in [0.5, 0.6) is 0 Å². The van der Waals surface area contributed by atoms with Crippen LogP contribution in [0.15, 0.2) is 11.0 Å². The molecule has 1 aliphatic heterocycles. The Morgan fingerprint density at radius 2 is 2.19 bits per heavy atom. The SMILES string of the molecule is C#CCN1CC(=O)N(COC(=O)[C@@H]2[C@@H](/C=C(/C#N)SCCC)C2(C)C)C1=O. The van der Waals surface area contributed by atoms with Crippen LogP contribution in [-0.4, -0.2) is 53.3 Å². The summed E-state index contributed by atoms with van der Waals surface area (Å²) in [4.78, 5) is 39.1. The third-order valence-electron chi connectivity index (χ3n) is 4.81. The number of terminal acetylenes is 1. The minimum Gasteiger partial charge on any atom is -0.443 e. The van der Waals surface area contributed by atoms with E-state index in [9.17, 15) is 19.6 Å². The molecule has 27 heavy (non-hydrogen) atoms. The van der Waals surface area contributed by atoms with Crippen molar-refractivity contribution in [2.24, 2.45) is 17.3 Å². The average Bonchev–Trinajstić information content (AvgIpc) is 3.06. The number of hydrogen-bond acceptors (Lipinski definition) is 6. The van der Waals surface area contributed by atoms with Crippen LogP contribution in [0.3, 0.4) is 0 Å². The Morgan fingerprint density at radius 1 is 1.48 bits per heavy atom. The molecule has 0 spiro atoms. The van der Waals surface area contributed by atoms with Crippen molar-refractivity contribution in [2.75, 3.05) is 25.6 Å². The van der Waals surface area contributed by atoms with Crippen LogP contribution in [0.4, 0.5) is 4.79 Å². The predicted octanol–water partition coefficient (Wildman–Crippen LogP) is 2.21. The molecule has 0 unspecified atom stereocenters. The molecule has 0 aromatic rings. The number of urea groups is 1. The van der Waals surface area contributed by atoms with E-state index in [2.05, 4.69) is 12.0 Å². The quantitative estimate of drug-likeness (QED) is 0.274. The molecule has 144 valence electrons. The summed E-state index contributed by atoms with van der Waals surface area (Å²) in [5.41, 5.74) is -0.333. The number of allylic oxidation sites excluding steroid dienone is 2. The van der Waals surface area contributed by atoms with E-state index in [0.29, 0.717) is 4.91 Å². The molecule has 7 nitrogen and oxygen atoms in total. The molecule has 0 bridgehead atoms. The standard InChI is InChI=1S/C19H23N3O4S/c1-5-7-21-11-15(23)22(18(21)25)12-26-17(24)16-14(19(16,3)4)9-13(10-20)27-8-6-2/h1,9,14,16H,6-8,11-12H2,2-4H3/b13-9-/t14-,16+/m1/s1. The lowest BCUT2D eigenvalue weighted by Crippen LogP contribution is -2.36. The van der Waals surface area contributed by atoms with Crippen molar-refractivity contribution in [1.82, 2.24) is 9.80 Å². The predicted molar refractivity (Wildman–Crippen MR) is 101 cm³/mol. The first-order chi connectivity index (χ1) is 12.8. The molecule has 2 fully saturated rings. The van der Waals surface area contributed by atoms with Crippen molar-refractivity contribution in [3.8, 4) is 18.4 Å². The summed E-state index contributed by atoms with van der Waals surface area (Å²) < 4.78 is 5.23. The summed E-state index contributed by atoms with van der Waals surface area (Å²) in [6.07, 6.45) is 7.95. The van der Waals surface area contributed by atoms with Gasteiger partial charge in [-0.1, -0.05) is 32.8 Å². The van der Waals surface area contributed by atoms with Gasteiger partial charge in [0, 0.05) is 0 Å². The van der Waals surface area contributed by atoms with Gasteiger partial charge in [0.15, 0.2) is 6.73 Å². The number of ether oxygens (including phenoxy) is 1. The van der Waals surface area contributed by atoms with Gasteiger partial charge in [-0.05, 0) is 23.5 Å². The van der Waals surface area contributed by atoms with Gasteiger partial charge in [0.2, 0.25) is 0 Å². The summed E-state index contributed by atoms with van der Waals surface area (Å²) in [6.45, 7) is 5.40. The zero-order valence-corrected chi connectivity index (χ0v) is 16.5. The highest BCUT2D eigenvalue weighted by Gasteiger charge is 2.61. The zero-order valence-electron chi connectivity index (χ0n) is 15.7. The number of carbonyl (C=O) groups excluding carboxylic acids is 3. The van der Waals surface area contributed by atoms with E-state index >= 15 is 0 Å². The number of carbonyl (C=O) groups is 3. The lowest BCUT2D eigenvalue weighted by atomic mass is 10.1. The number of nitriles is 1. The molecular weight excluding hydrogens is 366 g/mol. The van der Waals surface area contributed by atoms with Crippen LogP contribution in [0.2, 0.25) is 0 Å². The fraction of sp³-hybridized carbons (Fsp3) is 0.579. The molecule has 0 radical (unpaired) electrons. The Bertz CT molecular complexity index is 747. The highest BCUT2D eigenvalue weighted by atomic mass is 32.2. The third-order valence-corrected chi connectivity index (χ3v) is 5.96. The number of hydrogen-bond donors (Lipinski definition) is 0. The van der Waals surface area contributed by atoms with Gasteiger partial charge in [0.05, 0.1) is 17.4 Å². The molecule has 2 rings (SSSR count). The number of thioether (sulfide) groups is 1. The van der Waals surface area contributed by atoms with Gasteiger partial charge in [0.1, 0.15) is 12.6 Å². The van der Waals surface area contributed by atoms with Crippen LogP contribution in [0.25, 0.3) is 0 Å². The van der Waals surface area contributed by atoms with Gasteiger partial charge in [0.25, 0.3) is 5.91 Å². The fourth-order valence-electron chi connectivity index (χ4n) is 3.10. The van der Waals surface area contributed by atoms with Crippen molar-refractivity contribution < 1.29 is 19.1 Å². The number of esters is 1. The third kappa shape index (κ3) is 4.45. The maximum Gasteiger partial charge on any atom is 0.330 e. The van der Waals surface area contributed by atoms with Crippen molar-refractivity contribution >= 4 is 29.7 Å². The van der Waals surface area contributed by atoms with E-state index < -0.39 is 30.6 Å². The summed E-state index contributed by atoms with van der Waals surface area (Å²) in [5.74, 6) is 1.72. The van der Waals surface area contributed by atoms with Gasteiger partial charge in [-0.25, -0.2) is 9.69 Å². The number of nitrogens with zero attached hydrogens (tertiary/aromatic N) is 3. The molecule has 1 saturated carbocycles. The zero-order chi connectivity index (χ0) is 20.2. The molecular formula is C19H23N3O4S. The lowest BCUT2D eigenvalue weighted by molar-refractivity contribution is -0.151. The van der Waals surface area contributed by atoms with Gasteiger partial charge in [-0.3, -0.25) is 9.59 Å². The maximum absolute atomic E-state index is 12.5. The van der Waals surface area contributed by atoms with Crippen LogP contribution < -0.4 is 0 Å². The summed E-state index contributed by atoms with van der Waals surface area (Å²) >= 11 is 1.47. The van der Waals surface area contributed by atoms with Crippen molar-refractivity contribution in [3.63, 3.8) is 0 Å². The maximum atomic E-state index is 12.5. The van der Waals surface area contributed by atoms with Gasteiger partial charge < -0.3 is 9.64 Å². The lowest BCUT2D eigenvalue weighted by Gasteiger charge is -2.15. The molecule has 8 heteroatoms. The van der Waals surface area contributed by atoms with Crippen LogP contribution >= 0.6 is 11.8 Å². The Hall–Kier alpha value is -2.45. The van der Waals surface area contributed by atoms with E-state index in [1.54, 1.807) is 0 Å².